The van der Waals surface area contributed by atoms with Crippen LogP contribution in [0.5, 0.6) is 11.5 Å². The first-order chi connectivity index (χ1) is 27.2. The topological polar surface area (TPSA) is 75.8 Å². The number of fused-ring (bicyclic) bond motifs is 8. The molecular weight excluding hydrogens is 824 g/mol. The van der Waals surface area contributed by atoms with Crippen molar-refractivity contribution in [2.45, 2.75) is 81.1 Å². The fourth-order valence-electron chi connectivity index (χ4n) is 8.62. The first-order valence-corrected chi connectivity index (χ1v) is 22.2. The number of H-pyrrole nitrogens is 2. The summed E-state index contributed by atoms with van der Waals surface area (Å²) in [6.07, 6.45) is 3.50. The average Bonchev–Trinajstić information content (AvgIpc) is 3.90. The molecule has 0 radical (unpaired) electrons. The fraction of sp³-hybridized carbons (Fsp3) is 0.333. The number of rotatable bonds is 12. The smallest absolute Gasteiger partial charge is 0.119 e. The van der Waals surface area contributed by atoms with E-state index in [1.165, 1.54) is 44.5 Å². The van der Waals surface area contributed by atoms with Gasteiger partial charge in [-0.3, -0.25) is 0 Å². The van der Waals surface area contributed by atoms with Gasteiger partial charge in [0.15, 0.2) is 0 Å². The van der Waals surface area contributed by atoms with Gasteiger partial charge in [-0.25, -0.2) is 9.97 Å². The molecule has 5 heterocycles. The number of hydrogen-bond donors (Lipinski definition) is 2. The van der Waals surface area contributed by atoms with Gasteiger partial charge in [0.05, 0.1) is 47.0 Å². The molecule has 0 aliphatic carbocycles. The van der Waals surface area contributed by atoms with Crippen LogP contribution in [0.1, 0.15) is 99.4 Å². The van der Waals surface area contributed by atoms with Crippen molar-refractivity contribution in [2.24, 2.45) is 0 Å². The van der Waals surface area contributed by atoms with Gasteiger partial charge < -0.3 is 19.4 Å². The van der Waals surface area contributed by atoms with E-state index in [1.807, 2.05) is 0 Å². The Labute approximate surface area is 348 Å². The van der Waals surface area contributed by atoms with Gasteiger partial charge in [-0.05, 0) is 145 Å². The highest BCUT2D eigenvalue weighted by Crippen LogP contribution is 2.44. The van der Waals surface area contributed by atoms with Crippen molar-refractivity contribution in [3.63, 3.8) is 0 Å². The Morgan fingerprint density at radius 1 is 0.536 bits per heavy atom. The van der Waals surface area contributed by atoms with Gasteiger partial charge in [0.25, 0.3) is 0 Å². The molecule has 2 aromatic carbocycles. The second-order valence-electron chi connectivity index (χ2n) is 14.5. The lowest BCUT2D eigenvalue weighted by molar-refractivity contribution is 0.345. The van der Waals surface area contributed by atoms with Crippen LogP contribution in [-0.4, -0.2) is 43.8 Å². The summed E-state index contributed by atoms with van der Waals surface area (Å²) in [4.78, 5) is 19.0. The van der Waals surface area contributed by atoms with Crippen molar-refractivity contribution in [1.82, 2.24) is 19.9 Å². The number of hydrogen-bond acceptors (Lipinski definition) is 4. The van der Waals surface area contributed by atoms with E-state index in [1.54, 1.807) is 0 Å². The Morgan fingerprint density at radius 3 is 1.23 bits per heavy atom. The minimum Gasteiger partial charge on any atom is -0.493 e. The largest absolute Gasteiger partial charge is 0.493 e. The highest BCUT2D eigenvalue weighted by molar-refractivity contribution is 9.09. The molecule has 5 aromatic rings. The molecular formula is C48H52Br2N4O2. The molecule has 0 unspecified atom stereocenters. The normalized spacial score (nSPS) is 12.9. The van der Waals surface area contributed by atoms with Crippen molar-refractivity contribution in [3.8, 4) is 33.8 Å². The van der Waals surface area contributed by atoms with Crippen LogP contribution in [0.2, 0.25) is 0 Å². The van der Waals surface area contributed by atoms with Gasteiger partial charge in [-0.15, -0.1) is 0 Å². The number of allylic oxidation sites excluding steroid dienone is 4. The first kappa shape index (κ1) is 39.8. The molecule has 0 saturated carbocycles. The van der Waals surface area contributed by atoms with E-state index in [0.717, 1.165) is 115 Å². The molecule has 56 heavy (non-hydrogen) atoms. The molecule has 8 bridgehead atoms. The molecule has 0 fully saturated rings. The third-order valence-corrected chi connectivity index (χ3v) is 12.1. The summed E-state index contributed by atoms with van der Waals surface area (Å²) in [6.45, 7) is 19.2. The number of nitrogens with one attached hydrogen (secondary N) is 2. The zero-order valence-electron chi connectivity index (χ0n) is 33.9. The minimum absolute atomic E-state index is 0.613. The quantitative estimate of drug-likeness (QED) is 0.122. The van der Waals surface area contributed by atoms with Crippen molar-refractivity contribution < 1.29 is 9.47 Å². The summed E-state index contributed by atoms with van der Waals surface area (Å²) in [5, 5.41) is 1.56. The molecule has 0 atom stereocenters. The van der Waals surface area contributed by atoms with Gasteiger partial charge in [0, 0.05) is 32.8 Å². The standard InChI is InChI=1S/C48H52Br2N4O2/c1-9-35-27(5)45-43(31-13-17-33(18-14-31)55-23-21-49)46-29(7)37(11-3)41(53-46)26-42-38(12-4)30(8)48(54-42)44(32-15-19-34(20-16-32)56-24-22-50)47-28(6)36(10-2)40(52-47)25-39(35)51-45/h13-20,25-26,51,54H,9-12,21-24H2,1-8H3. The molecule has 0 saturated heterocycles. The Bertz CT molecular complexity index is 2350. The maximum absolute atomic E-state index is 5.97. The number of ether oxygens (including phenoxy) is 2. The van der Waals surface area contributed by atoms with Crippen molar-refractivity contribution in [2.75, 3.05) is 23.9 Å². The molecule has 290 valence electrons. The predicted molar refractivity (Wildman–Crippen MR) is 244 cm³/mol. The second-order valence-corrected chi connectivity index (χ2v) is 16.1. The van der Waals surface area contributed by atoms with Crippen molar-refractivity contribution in [1.29, 1.82) is 0 Å². The van der Waals surface area contributed by atoms with E-state index in [2.05, 4.69) is 158 Å². The molecule has 2 aliphatic rings. The van der Waals surface area contributed by atoms with E-state index >= 15 is 0 Å². The molecule has 2 N–H and O–H groups in total. The van der Waals surface area contributed by atoms with Crippen LogP contribution in [0, 0.1) is 13.8 Å². The van der Waals surface area contributed by atoms with Crippen LogP contribution in [0.15, 0.2) is 60.7 Å². The number of aromatic amines is 2. The van der Waals surface area contributed by atoms with Crippen molar-refractivity contribution in [3.05, 3.63) is 106 Å². The van der Waals surface area contributed by atoms with Crippen LogP contribution in [0.25, 0.3) is 66.6 Å². The van der Waals surface area contributed by atoms with E-state index < -0.39 is 0 Å². The molecule has 0 amide bonds. The van der Waals surface area contributed by atoms with E-state index in [4.69, 9.17) is 19.4 Å². The summed E-state index contributed by atoms with van der Waals surface area (Å²) in [5.74, 6) is 1.70. The number of alkyl halides is 2. The third-order valence-electron chi connectivity index (χ3n) is 11.5. The molecule has 2 aliphatic heterocycles. The first-order valence-electron chi connectivity index (χ1n) is 20.0. The van der Waals surface area contributed by atoms with E-state index in [0.29, 0.717) is 13.2 Å². The zero-order valence-corrected chi connectivity index (χ0v) is 37.1. The summed E-state index contributed by atoms with van der Waals surface area (Å²) < 4.78 is 11.9. The number of aromatic nitrogens is 4. The average molecular weight is 877 g/mol. The summed E-state index contributed by atoms with van der Waals surface area (Å²) in [6, 6.07) is 21.5. The molecule has 3 aromatic heterocycles. The van der Waals surface area contributed by atoms with Gasteiger partial charge in [0.2, 0.25) is 0 Å². The summed E-state index contributed by atoms with van der Waals surface area (Å²) in [7, 11) is 0. The lowest BCUT2D eigenvalue weighted by Crippen LogP contribution is -1.97. The zero-order chi connectivity index (χ0) is 39.7. The molecule has 0 spiro atoms. The summed E-state index contributed by atoms with van der Waals surface area (Å²) in [5.41, 5.74) is 22.7. The van der Waals surface area contributed by atoms with Crippen molar-refractivity contribution >= 4 is 76.2 Å². The highest BCUT2D eigenvalue weighted by atomic mass is 79.9. The molecule has 8 heteroatoms. The van der Waals surface area contributed by atoms with Crippen LogP contribution in [0.3, 0.4) is 0 Å². The Morgan fingerprint density at radius 2 is 0.911 bits per heavy atom. The maximum atomic E-state index is 5.97. The van der Waals surface area contributed by atoms with Crippen LogP contribution < -0.4 is 9.47 Å². The summed E-state index contributed by atoms with van der Waals surface area (Å²) >= 11 is 6.98. The number of halogens is 2. The monoisotopic (exact) mass is 874 g/mol. The Balaban J connectivity index is 1.66. The lowest BCUT2D eigenvalue weighted by atomic mass is 9.95. The predicted octanol–water partition coefficient (Wildman–Crippen LogP) is 13.6. The van der Waals surface area contributed by atoms with Gasteiger partial charge in [0.1, 0.15) is 11.5 Å². The van der Waals surface area contributed by atoms with E-state index in [-0.39, 0.29) is 0 Å². The third kappa shape index (κ3) is 7.20. The number of nitrogens with zero attached hydrogens (tertiary/aromatic N) is 2. The highest BCUT2D eigenvalue weighted by Gasteiger charge is 2.25. The number of aryl methyl sites for hydroxylation is 4. The van der Waals surface area contributed by atoms with Gasteiger partial charge in [-0.2, -0.15) is 0 Å². The van der Waals surface area contributed by atoms with E-state index in [9.17, 15) is 0 Å². The minimum atomic E-state index is 0.613. The molecule has 7 rings (SSSR count). The van der Waals surface area contributed by atoms with Crippen LogP contribution in [-0.2, 0) is 12.8 Å². The van der Waals surface area contributed by atoms with Gasteiger partial charge in [-0.1, -0.05) is 83.8 Å². The second kappa shape index (κ2) is 17.0. The maximum Gasteiger partial charge on any atom is 0.119 e. The van der Waals surface area contributed by atoms with Crippen LogP contribution >= 0.6 is 31.9 Å². The fourth-order valence-corrected chi connectivity index (χ4v) is 8.95. The van der Waals surface area contributed by atoms with Gasteiger partial charge >= 0.3 is 0 Å². The molecule has 6 nitrogen and oxygen atoms in total. The SMILES string of the molecule is CCC1=C(C)c2nc1cc1[nH]c(c(C)c1CC)c(-c1ccc(OCCBr)cc1)c1nc(cc3[nH]c(c(C)c3CC)c2-c2ccc(OCCBr)cc2)C(CC)=C1C. The number of benzene rings is 2. The van der Waals surface area contributed by atoms with Crippen LogP contribution in [0.4, 0.5) is 0 Å². The Hall–Kier alpha value is -4.40. The Kier molecular flexibility index (Phi) is 12.1. The lowest BCUT2D eigenvalue weighted by Gasteiger charge is -2.10.